The summed E-state index contributed by atoms with van der Waals surface area (Å²) in [6.07, 6.45) is 5.11. The minimum atomic E-state index is -0.115. The van der Waals surface area contributed by atoms with Gasteiger partial charge in [0.15, 0.2) is 5.78 Å². The summed E-state index contributed by atoms with van der Waals surface area (Å²) in [7, 11) is 1.74. The molecule has 0 spiro atoms. The topological polar surface area (TPSA) is 68.1 Å². The van der Waals surface area contributed by atoms with E-state index in [0.29, 0.717) is 18.2 Å². The predicted octanol–water partition coefficient (Wildman–Crippen LogP) is 3.87. The monoisotopic (exact) mass is 416 g/mol. The molecule has 6 nitrogen and oxygen atoms in total. The van der Waals surface area contributed by atoms with Crippen LogP contribution in [-0.2, 0) is 7.05 Å². The van der Waals surface area contributed by atoms with E-state index in [2.05, 4.69) is 28.9 Å². The lowest BCUT2D eigenvalue weighted by Crippen LogP contribution is -2.42. The van der Waals surface area contributed by atoms with Crippen LogP contribution in [0.5, 0.6) is 0 Å². The molecule has 1 atom stereocenters. The first-order valence-electron chi connectivity index (χ1n) is 10.7. The Balaban J connectivity index is 1.66. The van der Waals surface area contributed by atoms with Gasteiger partial charge in [0.1, 0.15) is 0 Å². The standard InChI is InChI=1S/C25H28N4O2/c1-16-12-17(2)23(18(3)13-16)24(31)20-6-5-11-29(15-20)25-27-21(14-22(30)28(25)4)19-7-9-26-10-8-19/h7-10,12-14,20H,5-6,11,15H2,1-4H3. The van der Waals surface area contributed by atoms with E-state index in [4.69, 9.17) is 4.98 Å². The summed E-state index contributed by atoms with van der Waals surface area (Å²) in [5.41, 5.74) is 5.43. The van der Waals surface area contributed by atoms with E-state index in [0.717, 1.165) is 41.6 Å². The van der Waals surface area contributed by atoms with E-state index in [1.807, 2.05) is 26.0 Å². The summed E-state index contributed by atoms with van der Waals surface area (Å²) >= 11 is 0. The summed E-state index contributed by atoms with van der Waals surface area (Å²) in [5.74, 6) is 0.680. The molecule has 1 saturated heterocycles. The number of hydrogen-bond acceptors (Lipinski definition) is 5. The van der Waals surface area contributed by atoms with Gasteiger partial charge < -0.3 is 4.90 Å². The minimum Gasteiger partial charge on any atom is -0.341 e. The lowest BCUT2D eigenvalue weighted by molar-refractivity contribution is 0.0905. The highest BCUT2D eigenvalue weighted by Crippen LogP contribution is 2.28. The molecule has 3 heterocycles. The number of pyridine rings is 1. The molecular formula is C25H28N4O2. The van der Waals surface area contributed by atoms with Crippen LogP contribution in [-0.4, -0.2) is 33.4 Å². The number of ketones is 1. The fraction of sp³-hybridized carbons (Fsp3) is 0.360. The van der Waals surface area contributed by atoms with Crippen LogP contribution in [0.15, 0.2) is 47.5 Å². The van der Waals surface area contributed by atoms with Crippen molar-refractivity contribution in [2.24, 2.45) is 13.0 Å². The van der Waals surface area contributed by atoms with Crippen molar-refractivity contribution in [2.45, 2.75) is 33.6 Å². The second kappa shape index (κ2) is 8.46. The van der Waals surface area contributed by atoms with Crippen LogP contribution in [0.25, 0.3) is 11.3 Å². The minimum absolute atomic E-state index is 0.115. The molecule has 4 rings (SSSR count). The van der Waals surface area contributed by atoms with Crippen LogP contribution in [0, 0.1) is 26.7 Å². The quantitative estimate of drug-likeness (QED) is 0.604. The highest BCUT2D eigenvalue weighted by Gasteiger charge is 2.30. The molecule has 0 aliphatic carbocycles. The van der Waals surface area contributed by atoms with Gasteiger partial charge in [0, 0.05) is 55.6 Å². The Morgan fingerprint density at radius 2 is 1.74 bits per heavy atom. The zero-order valence-electron chi connectivity index (χ0n) is 18.6. The van der Waals surface area contributed by atoms with Crippen LogP contribution in [0.2, 0.25) is 0 Å². The van der Waals surface area contributed by atoms with Crippen LogP contribution in [0.4, 0.5) is 5.95 Å². The third-order valence-electron chi connectivity index (χ3n) is 6.09. The summed E-state index contributed by atoms with van der Waals surface area (Å²) in [6.45, 7) is 7.41. The lowest BCUT2D eigenvalue weighted by Gasteiger charge is -2.34. The van der Waals surface area contributed by atoms with E-state index in [-0.39, 0.29) is 17.3 Å². The van der Waals surface area contributed by atoms with E-state index < -0.39 is 0 Å². The molecule has 1 aliphatic heterocycles. The molecule has 160 valence electrons. The fourth-order valence-electron chi connectivity index (χ4n) is 4.63. The molecule has 6 heteroatoms. The number of carbonyl (C=O) groups excluding carboxylic acids is 1. The van der Waals surface area contributed by atoms with Gasteiger partial charge in [-0.2, -0.15) is 0 Å². The van der Waals surface area contributed by atoms with Crippen molar-refractivity contribution < 1.29 is 4.79 Å². The Hall–Kier alpha value is -3.28. The van der Waals surface area contributed by atoms with Crippen LogP contribution in [0.3, 0.4) is 0 Å². The zero-order chi connectivity index (χ0) is 22.1. The first kappa shape index (κ1) is 21.0. The Labute approximate surface area is 182 Å². The van der Waals surface area contributed by atoms with Crippen molar-refractivity contribution in [1.82, 2.24) is 14.5 Å². The number of anilines is 1. The molecule has 2 aromatic heterocycles. The van der Waals surface area contributed by atoms with Crippen molar-refractivity contribution in [1.29, 1.82) is 0 Å². The Kier molecular flexibility index (Phi) is 5.72. The van der Waals surface area contributed by atoms with Crippen LogP contribution in [0.1, 0.15) is 39.9 Å². The molecular weight excluding hydrogens is 388 g/mol. The van der Waals surface area contributed by atoms with Gasteiger partial charge >= 0.3 is 0 Å². The maximum atomic E-state index is 13.4. The summed E-state index contributed by atoms with van der Waals surface area (Å²) in [4.78, 5) is 37.0. The summed E-state index contributed by atoms with van der Waals surface area (Å²) < 4.78 is 1.57. The highest BCUT2D eigenvalue weighted by atomic mass is 16.1. The highest BCUT2D eigenvalue weighted by molar-refractivity contribution is 6.01. The third kappa shape index (κ3) is 4.15. The summed E-state index contributed by atoms with van der Waals surface area (Å²) in [5, 5.41) is 0. The number of aromatic nitrogens is 3. The normalized spacial score (nSPS) is 16.4. The summed E-state index contributed by atoms with van der Waals surface area (Å²) in [6, 6.07) is 9.38. The average Bonchev–Trinajstić information content (AvgIpc) is 2.75. The third-order valence-corrected chi connectivity index (χ3v) is 6.09. The smallest absolute Gasteiger partial charge is 0.255 e. The SMILES string of the molecule is Cc1cc(C)c(C(=O)C2CCCN(c3nc(-c4ccncc4)cc(=O)n3C)C2)c(C)c1. The van der Waals surface area contributed by atoms with Gasteiger partial charge in [-0.15, -0.1) is 0 Å². The van der Waals surface area contributed by atoms with E-state index in [1.165, 1.54) is 5.56 Å². The van der Waals surface area contributed by atoms with Gasteiger partial charge in [-0.3, -0.25) is 19.1 Å². The molecule has 0 N–H and O–H groups in total. The number of aryl methyl sites for hydroxylation is 3. The Morgan fingerprint density at radius 3 is 2.42 bits per heavy atom. The van der Waals surface area contributed by atoms with E-state index in [1.54, 1.807) is 30.1 Å². The molecule has 31 heavy (non-hydrogen) atoms. The predicted molar refractivity (Wildman–Crippen MR) is 123 cm³/mol. The van der Waals surface area contributed by atoms with Crippen LogP contribution >= 0.6 is 0 Å². The van der Waals surface area contributed by atoms with Crippen LogP contribution < -0.4 is 10.5 Å². The number of rotatable bonds is 4. The second-order valence-corrected chi connectivity index (χ2v) is 8.50. The van der Waals surface area contributed by atoms with Gasteiger partial charge in [0.2, 0.25) is 5.95 Å². The average molecular weight is 417 g/mol. The number of carbonyl (C=O) groups is 1. The van der Waals surface area contributed by atoms with Gasteiger partial charge in [-0.25, -0.2) is 4.98 Å². The first-order valence-corrected chi connectivity index (χ1v) is 10.7. The van der Waals surface area contributed by atoms with Crippen molar-refractivity contribution in [3.05, 3.63) is 75.3 Å². The van der Waals surface area contributed by atoms with Gasteiger partial charge in [-0.1, -0.05) is 17.7 Å². The number of Topliss-reactive ketones (excluding diaryl/α,β-unsaturated/α-hetero) is 1. The second-order valence-electron chi connectivity index (χ2n) is 8.50. The maximum absolute atomic E-state index is 13.4. The number of piperidine rings is 1. The Morgan fingerprint density at radius 1 is 1.06 bits per heavy atom. The molecule has 1 aromatic carbocycles. The number of nitrogens with zero attached hydrogens (tertiary/aromatic N) is 4. The van der Waals surface area contributed by atoms with Gasteiger partial charge in [0.05, 0.1) is 5.69 Å². The largest absolute Gasteiger partial charge is 0.341 e. The molecule has 1 aliphatic rings. The number of hydrogen-bond donors (Lipinski definition) is 0. The molecule has 0 amide bonds. The maximum Gasteiger partial charge on any atom is 0.255 e. The zero-order valence-corrected chi connectivity index (χ0v) is 18.6. The van der Waals surface area contributed by atoms with E-state index >= 15 is 0 Å². The van der Waals surface area contributed by atoms with Gasteiger partial charge in [-0.05, 0) is 56.9 Å². The van der Waals surface area contributed by atoms with Crippen molar-refractivity contribution in [3.8, 4) is 11.3 Å². The fourth-order valence-corrected chi connectivity index (χ4v) is 4.63. The molecule has 1 fully saturated rings. The molecule has 1 unspecified atom stereocenters. The van der Waals surface area contributed by atoms with Crippen molar-refractivity contribution >= 4 is 11.7 Å². The lowest BCUT2D eigenvalue weighted by atomic mass is 9.86. The molecule has 0 saturated carbocycles. The van der Waals surface area contributed by atoms with Crippen molar-refractivity contribution in [3.63, 3.8) is 0 Å². The number of benzene rings is 1. The molecule has 0 radical (unpaired) electrons. The van der Waals surface area contributed by atoms with E-state index in [9.17, 15) is 9.59 Å². The first-order chi connectivity index (χ1) is 14.8. The van der Waals surface area contributed by atoms with Gasteiger partial charge in [0.25, 0.3) is 5.56 Å². The molecule has 3 aromatic rings. The Bertz CT molecular complexity index is 1160. The molecule has 0 bridgehead atoms. The van der Waals surface area contributed by atoms with Crippen molar-refractivity contribution in [2.75, 3.05) is 18.0 Å².